The predicted octanol–water partition coefficient (Wildman–Crippen LogP) is 3.33. The Hall–Kier alpha value is -1.44. The first-order valence-corrected chi connectivity index (χ1v) is 8.58. The number of hydrogen-bond donors (Lipinski definition) is 0. The molecule has 0 N–H and O–H groups in total. The molecule has 23 heavy (non-hydrogen) atoms. The monoisotopic (exact) mass is 313 g/mol. The van der Waals surface area contributed by atoms with Gasteiger partial charge in [-0.2, -0.15) is 5.26 Å². The third-order valence-corrected chi connectivity index (χ3v) is 5.81. The summed E-state index contributed by atoms with van der Waals surface area (Å²) in [5.41, 5.74) is 1.53. The van der Waals surface area contributed by atoms with Crippen molar-refractivity contribution in [2.45, 2.75) is 51.2 Å². The molecule has 1 aliphatic heterocycles. The molecule has 2 fully saturated rings. The van der Waals surface area contributed by atoms with E-state index in [2.05, 4.69) is 36.7 Å². The largest absolute Gasteiger partial charge is 0.373 e. The Kier molecular flexibility index (Phi) is 4.20. The molecule has 2 heterocycles. The second-order valence-corrected chi connectivity index (χ2v) is 7.94. The predicted molar refractivity (Wildman–Crippen MR) is 89.8 cm³/mol. The number of fused-ring (bicyclic) bond motifs is 2. The number of rotatable bonds is 2. The van der Waals surface area contributed by atoms with Gasteiger partial charge in [-0.1, -0.05) is 6.42 Å². The van der Waals surface area contributed by atoms with Crippen molar-refractivity contribution in [3.8, 4) is 6.07 Å². The maximum absolute atomic E-state index is 9.21. The first-order valence-electron chi connectivity index (χ1n) is 8.58. The van der Waals surface area contributed by atoms with Gasteiger partial charge < -0.3 is 4.74 Å². The summed E-state index contributed by atoms with van der Waals surface area (Å²) in [5.74, 6) is 0.932. The van der Waals surface area contributed by atoms with Crippen LogP contribution in [0.3, 0.4) is 0 Å². The molecule has 3 atom stereocenters. The maximum Gasteiger partial charge on any atom is 0.140 e. The zero-order valence-electron chi connectivity index (χ0n) is 14.7. The smallest absolute Gasteiger partial charge is 0.140 e. The lowest BCUT2D eigenvalue weighted by molar-refractivity contribution is -0.179. The zero-order valence-corrected chi connectivity index (χ0v) is 14.7. The zero-order chi connectivity index (χ0) is 16.7. The second-order valence-electron chi connectivity index (χ2n) is 7.94. The highest BCUT2D eigenvalue weighted by atomic mass is 16.5. The summed E-state index contributed by atoms with van der Waals surface area (Å²) in [4.78, 5) is 6.74. The number of nitriles is 1. The van der Waals surface area contributed by atoms with Crippen LogP contribution in [-0.4, -0.2) is 35.6 Å². The van der Waals surface area contributed by atoms with E-state index in [1.807, 2.05) is 19.2 Å². The van der Waals surface area contributed by atoms with Crippen LogP contribution in [0, 0.1) is 23.2 Å². The molecule has 1 saturated heterocycles. The minimum atomic E-state index is -0.269. The molecule has 4 heteroatoms. The van der Waals surface area contributed by atoms with Crippen molar-refractivity contribution in [3.05, 3.63) is 29.6 Å². The molecule has 1 aromatic heterocycles. The molecule has 124 valence electrons. The van der Waals surface area contributed by atoms with E-state index in [0.717, 1.165) is 18.7 Å². The van der Waals surface area contributed by atoms with Gasteiger partial charge in [-0.3, -0.25) is 4.90 Å². The average molecular weight is 313 g/mol. The quantitative estimate of drug-likeness (QED) is 0.840. The topological polar surface area (TPSA) is 49.1 Å². The van der Waals surface area contributed by atoms with Crippen molar-refractivity contribution in [1.82, 2.24) is 9.88 Å². The van der Waals surface area contributed by atoms with Gasteiger partial charge >= 0.3 is 0 Å². The SMILES string of the molecule is CO[C@]1(c2ccnc(C#N)c2)[C@@H]2CCC[C@H]1CN(C(C)(C)C)C2. The summed E-state index contributed by atoms with van der Waals surface area (Å²) in [6.07, 6.45) is 5.39. The van der Waals surface area contributed by atoms with Crippen LogP contribution in [0.15, 0.2) is 18.3 Å². The van der Waals surface area contributed by atoms with E-state index in [0.29, 0.717) is 17.5 Å². The summed E-state index contributed by atoms with van der Waals surface area (Å²) < 4.78 is 6.23. The third kappa shape index (κ3) is 2.66. The van der Waals surface area contributed by atoms with Crippen molar-refractivity contribution in [2.75, 3.05) is 20.2 Å². The number of hydrogen-bond acceptors (Lipinski definition) is 4. The van der Waals surface area contributed by atoms with Crippen LogP contribution >= 0.6 is 0 Å². The number of piperidine rings is 1. The number of nitrogens with zero attached hydrogens (tertiary/aromatic N) is 3. The standard InChI is InChI=1S/C19H27N3O/c1-18(2,3)22-12-15-6-5-7-16(13-22)19(15,23-4)14-8-9-21-17(10-14)11-20/h8-10,15-16H,5-7,12-13H2,1-4H3/t15-,16+,19-. The molecule has 0 aromatic carbocycles. The van der Waals surface area contributed by atoms with Gasteiger partial charge in [0.1, 0.15) is 17.4 Å². The molecule has 4 nitrogen and oxygen atoms in total. The molecular formula is C19H27N3O. The van der Waals surface area contributed by atoms with Crippen LogP contribution in [0.2, 0.25) is 0 Å². The lowest BCUT2D eigenvalue weighted by atomic mass is 9.62. The molecule has 1 saturated carbocycles. The maximum atomic E-state index is 9.21. The minimum absolute atomic E-state index is 0.184. The molecule has 0 amide bonds. The summed E-state index contributed by atoms with van der Waals surface area (Å²) in [7, 11) is 1.84. The van der Waals surface area contributed by atoms with Crippen molar-refractivity contribution in [2.24, 2.45) is 11.8 Å². The van der Waals surface area contributed by atoms with Gasteiger partial charge in [0.2, 0.25) is 0 Å². The third-order valence-electron chi connectivity index (χ3n) is 5.81. The fourth-order valence-electron chi connectivity index (χ4n) is 4.64. The fourth-order valence-corrected chi connectivity index (χ4v) is 4.64. The van der Waals surface area contributed by atoms with Gasteiger partial charge in [-0.15, -0.1) is 0 Å². The van der Waals surface area contributed by atoms with E-state index < -0.39 is 0 Å². The van der Waals surface area contributed by atoms with Gasteiger partial charge in [0.15, 0.2) is 0 Å². The number of ether oxygens (including phenoxy) is 1. The van der Waals surface area contributed by atoms with E-state index in [1.54, 1.807) is 6.20 Å². The van der Waals surface area contributed by atoms with Crippen LogP contribution in [0.1, 0.15) is 51.3 Å². The van der Waals surface area contributed by atoms with Gasteiger partial charge in [0.05, 0.1) is 0 Å². The van der Waals surface area contributed by atoms with E-state index in [9.17, 15) is 5.26 Å². The molecule has 1 aliphatic carbocycles. The molecule has 0 unspecified atom stereocenters. The molecular weight excluding hydrogens is 286 g/mol. The van der Waals surface area contributed by atoms with Gasteiger partial charge in [-0.25, -0.2) is 4.98 Å². The van der Waals surface area contributed by atoms with Crippen LogP contribution in [0.25, 0.3) is 0 Å². The highest BCUT2D eigenvalue weighted by Crippen LogP contribution is 2.52. The van der Waals surface area contributed by atoms with Crippen LogP contribution < -0.4 is 0 Å². The van der Waals surface area contributed by atoms with E-state index in [1.165, 1.54) is 19.3 Å². The van der Waals surface area contributed by atoms with Crippen LogP contribution in [0.5, 0.6) is 0 Å². The molecule has 2 bridgehead atoms. The van der Waals surface area contributed by atoms with Crippen LogP contribution in [-0.2, 0) is 10.3 Å². The summed E-state index contributed by atoms with van der Waals surface area (Å²) in [6, 6.07) is 6.15. The molecule has 0 radical (unpaired) electrons. The number of likely N-dealkylation sites (tertiary alicyclic amines) is 1. The molecule has 0 spiro atoms. The molecule has 2 aliphatic rings. The minimum Gasteiger partial charge on any atom is -0.373 e. The van der Waals surface area contributed by atoms with E-state index >= 15 is 0 Å². The second kappa shape index (κ2) is 5.89. The number of aromatic nitrogens is 1. The van der Waals surface area contributed by atoms with Crippen LogP contribution in [0.4, 0.5) is 0 Å². The molecule has 3 rings (SSSR count). The summed E-state index contributed by atoms with van der Waals surface area (Å²) in [6.45, 7) is 8.99. The van der Waals surface area contributed by atoms with E-state index in [4.69, 9.17) is 4.74 Å². The summed E-state index contributed by atoms with van der Waals surface area (Å²) >= 11 is 0. The fraction of sp³-hybridized carbons (Fsp3) is 0.684. The Morgan fingerprint density at radius 2 is 1.96 bits per heavy atom. The van der Waals surface area contributed by atoms with Gasteiger partial charge in [-0.05, 0) is 51.3 Å². The Balaban J connectivity index is 2.03. The number of pyridine rings is 1. The highest BCUT2D eigenvalue weighted by Gasteiger charge is 2.54. The lowest BCUT2D eigenvalue weighted by Crippen LogP contribution is -2.62. The number of methoxy groups -OCH3 is 1. The van der Waals surface area contributed by atoms with Crippen molar-refractivity contribution in [3.63, 3.8) is 0 Å². The summed E-state index contributed by atoms with van der Waals surface area (Å²) in [5, 5.41) is 9.21. The van der Waals surface area contributed by atoms with Crippen molar-refractivity contribution < 1.29 is 4.74 Å². The highest BCUT2D eigenvalue weighted by molar-refractivity contribution is 5.32. The Morgan fingerprint density at radius 3 is 2.48 bits per heavy atom. The Morgan fingerprint density at radius 1 is 1.30 bits per heavy atom. The van der Waals surface area contributed by atoms with Crippen molar-refractivity contribution in [1.29, 1.82) is 5.26 Å². The first kappa shape index (κ1) is 16.4. The normalized spacial score (nSPS) is 31.6. The Labute approximate surface area is 139 Å². The molecule has 1 aromatic rings. The van der Waals surface area contributed by atoms with E-state index in [-0.39, 0.29) is 11.1 Å². The first-order chi connectivity index (χ1) is 10.9. The lowest BCUT2D eigenvalue weighted by Gasteiger charge is -2.57. The Bertz CT molecular complexity index is 600. The van der Waals surface area contributed by atoms with Gasteiger partial charge in [0.25, 0.3) is 0 Å². The van der Waals surface area contributed by atoms with Crippen molar-refractivity contribution >= 4 is 0 Å². The average Bonchev–Trinajstić information content (AvgIpc) is 2.52. The van der Waals surface area contributed by atoms with Gasteiger partial charge in [0, 0.05) is 43.8 Å².